The number of carboxylic acids is 1. The van der Waals surface area contributed by atoms with Crippen molar-refractivity contribution in [3.05, 3.63) is 35.4 Å². The Morgan fingerprint density at radius 1 is 1.00 bits per heavy atom. The fourth-order valence-electron chi connectivity index (χ4n) is 2.17. The first-order valence-electron chi connectivity index (χ1n) is 8.55. The van der Waals surface area contributed by atoms with Gasteiger partial charge < -0.3 is 0 Å². The van der Waals surface area contributed by atoms with E-state index in [4.69, 9.17) is 23.1 Å². The summed E-state index contributed by atoms with van der Waals surface area (Å²) in [6, 6.07) is 5.05. The van der Waals surface area contributed by atoms with Crippen molar-refractivity contribution in [3.63, 3.8) is 0 Å². The molecule has 15 nitrogen and oxygen atoms in total. The number of amides is 1. The molecule has 0 fully saturated rings. The van der Waals surface area contributed by atoms with Gasteiger partial charge in [-0.05, 0) is 0 Å². The van der Waals surface area contributed by atoms with Crippen LogP contribution in [0.25, 0.3) is 0 Å². The fraction of sp³-hybridized carbons (Fsp3) is 0.250. The van der Waals surface area contributed by atoms with Gasteiger partial charge in [-0.15, -0.1) is 0 Å². The number of benzene rings is 1. The van der Waals surface area contributed by atoms with Crippen LogP contribution in [-0.2, 0) is 31.5 Å². The summed E-state index contributed by atoms with van der Waals surface area (Å²) in [5.41, 5.74) is 4.41. The Bertz CT molecular complexity index is 928. The quantitative estimate of drug-likeness (QED) is 0.192. The van der Waals surface area contributed by atoms with Crippen molar-refractivity contribution < 1.29 is 56.4 Å². The summed E-state index contributed by atoms with van der Waals surface area (Å²) in [4.78, 5) is 71.2. The van der Waals surface area contributed by atoms with Gasteiger partial charge in [0.2, 0.25) is 0 Å². The normalized spacial score (nSPS) is 16.2. The van der Waals surface area contributed by atoms with Gasteiger partial charge in [0.15, 0.2) is 0 Å². The van der Waals surface area contributed by atoms with E-state index in [2.05, 4.69) is 0 Å². The molecule has 2 rings (SSSR count). The molecule has 2 unspecified atom stereocenters. The van der Waals surface area contributed by atoms with Crippen LogP contribution in [0.5, 0.6) is 0 Å². The van der Waals surface area contributed by atoms with Gasteiger partial charge in [0.25, 0.3) is 0 Å². The van der Waals surface area contributed by atoms with E-state index < -0.39 is 81.1 Å². The van der Waals surface area contributed by atoms with Crippen molar-refractivity contribution in [2.24, 2.45) is 5.73 Å². The predicted molar refractivity (Wildman–Crippen MR) is 96.9 cm³/mol. The summed E-state index contributed by atoms with van der Waals surface area (Å²) >= 11 is -6.42. The van der Waals surface area contributed by atoms with E-state index in [1.807, 2.05) is 5.32 Å². The first-order chi connectivity index (χ1) is 15.0. The van der Waals surface area contributed by atoms with Crippen molar-refractivity contribution >= 4 is 55.8 Å². The standard InChI is InChI=1S/C8H6O4.C4H8N2O3.C4H6O6.Sn/c9-7(10)5-3-1-2-4-6(5)8(11)12;5-1-3(7)6-2-4(8)9;5-1(3(7)8)2(6)4(9)10;/h1-4H,(H,9,10)(H,11,12);1-2,5H2,(H,6,7)(H,8,9);1-2,5-6H,(H,7,8)(H,9,10);/q;;;+4/p-4. The number of nitrogens with one attached hydrogen (secondary N) is 1. The second kappa shape index (κ2) is 10.4. The number of hydrogen-bond acceptors (Lipinski definition) is 13. The maximum absolute atomic E-state index is 12.5. The van der Waals surface area contributed by atoms with Crippen LogP contribution >= 0.6 is 0 Å². The van der Waals surface area contributed by atoms with Crippen LogP contribution in [0.1, 0.15) is 20.7 Å². The van der Waals surface area contributed by atoms with Gasteiger partial charge in [0.1, 0.15) is 0 Å². The van der Waals surface area contributed by atoms with Gasteiger partial charge in [-0.25, -0.2) is 0 Å². The first kappa shape index (κ1) is 25.0. The Balaban J connectivity index is 2.37. The SMILES string of the molecule is NCC(=O)NCC(=O)[O][Sn]1([O]C(=O)C(O)C(O)C(=O)O)[O]C(=O)c2ccccc2C(=O)[O]1. The number of carbonyl (C=O) groups is 6. The molecule has 0 bridgehead atoms. The van der Waals surface area contributed by atoms with Gasteiger partial charge in [0, 0.05) is 0 Å². The van der Waals surface area contributed by atoms with Crippen molar-refractivity contribution in [1.82, 2.24) is 5.32 Å². The van der Waals surface area contributed by atoms with E-state index >= 15 is 0 Å². The van der Waals surface area contributed by atoms with Crippen LogP contribution in [0, 0.1) is 0 Å². The van der Waals surface area contributed by atoms with E-state index in [9.17, 15) is 39.0 Å². The number of aliphatic hydroxyl groups excluding tert-OH is 2. The first-order valence-corrected chi connectivity index (χ1v) is 13.2. The van der Waals surface area contributed by atoms with Crippen LogP contribution in [0.3, 0.4) is 0 Å². The van der Waals surface area contributed by atoms with Crippen molar-refractivity contribution in [3.8, 4) is 0 Å². The number of aliphatic hydroxyl groups is 2. The summed E-state index contributed by atoms with van der Waals surface area (Å²) in [5.74, 6) is -8.67. The molecular weight excluding hydrogens is 547 g/mol. The minimum absolute atomic E-state index is 0.328. The number of aliphatic carboxylic acids is 1. The molecule has 2 atom stereocenters. The number of nitrogens with two attached hydrogens (primary N) is 1. The van der Waals surface area contributed by atoms with Crippen LogP contribution in [0.4, 0.5) is 0 Å². The topological polar surface area (TPSA) is 238 Å². The summed E-state index contributed by atoms with van der Waals surface area (Å²) in [6.45, 7) is -1.36. The zero-order chi connectivity index (χ0) is 24.1. The molecular formula is C16H16N2O13Sn. The fourth-order valence-corrected chi connectivity index (χ4v) is 6.85. The van der Waals surface area contributed by atoms with Crippen LogP contribution in [-0.4, -0.2) is 96.4 Å². The van der Waals surface area contributed by atoms with Crippen LogP contribution < -0.4 is 11.1 Å². The molecule has 0 radical (unpaired) electrons. The van der Waals surface area contributed by atoms with E-state index in [-0.39, 0.29) is 11.1 Å². The van der Waals surface area contributed by atoms with Gasteiger partial charge in [0.05, 0.1) is 0 Å². The number of hydrogen-bond donors (Lipinski definition) is 5. The second-order valence-electron chi connectivity index (χ2n) is 5.93. The minimum atomic E-state index is -6.42. The molecule has 32 heavy (non-hydrogen) atoms. The van der Waals surface area contributed by atoms with E-state index in [0.717, 1.165) is 12.1 Å². The monoisotopic (exact) mass is 564 g/mol. The molecule has 6 N–H and O–H groups in total. The molecule has 1 aromatic rings. The molecule has 0 spiro atoms. The summed E-state index contributed by atoms with van der Waals surface area (Å²) in [6.07, 6.45) is -5.39. The van der Waals surface area contributed by atoms with Crippen molar-refractivity contribution in [1.29, 1.82) is 0 Å². The maximum atomic E-state index is 12.5. The molecule has 1 aliphatic heterocycles. The van der Waals surface area contributed by atoms with Gasteiger partial charge in [-0.1, -0.05) is 0 Å². The molecule has 1 heterocycles. The second-order valence-corrected chi connectivity index (χ2v) is 11.1. The third-order valence-corrected chi connectivity index (χ3v) is 8.81. The number of rotatable bonds is 8. The molecule has 0 saturated heterocycles. The molecule has 172 valence electrons. The molecule has 1 aromatic carbocycles. The Morgan fingerprint density at radius 2 is 1.53 bits per heavy atom. The summed E-state index contributed by atoms with van der Waals surface area (Å²) < 4.78 is 19.4. The molecule has 0 saturated carbocycles. The van der Waals surface area contributed by atoms with Crippen molar-refractivity contribution in [2.45, 2.75) is 12.2 Å². The third kappa shape index (κ3) is 5.90. The van der Waals surface area contributed by atoms with Crippen LogP contribution in [0.15, 0.2) is 24.3 Å². The predicted octanol–water partition coefficient (Wildman–Crippen LogP) is -3.58. The zero-order valence-corrected chi connectivity index (χ0v) is 18.7. The van der Waals surface area contributed by atoms with Gasteiger partial charge >= 0.3 is 184 Å². The van der Waals surface area contributed by atoms with Crippen molar-refractivity contribution in [2.75, 3.05) is 13.1 Å². The Morgan fingerprint density at radius 3 is 2.00 bits per heavy atom. The summed E-state index contributed by atoms with van der Waals surface area (Å²) in [7, 11) is 0. The average molecular weight is 563 g/mol. The van der Waals surface area contributed by atoms with Gasteiger partial charge in [-0.3, -0.25) is 0 Å². The third-order valence-electron chi connectivity index (χ3n) is 3.68. The summed E-state index contributed by atoms with van der Waals surface area (Å²) in [5, 5.41) is 29.7. The van der Waals surface area contributed by atoms with E-state index in [0.29, 0.717) is 0 Å². The molecule has 16 heteroatoms. The van der Waals surface area contributed by atoms with Gasteiger partial charge in [-0.2, -0.15) is 0 Å². The Kier molecular flexibility index (Phi) is 8.08. The van der Waals surface area contributed by atoms with E-state index in [1.54, 1.807) is 0 Å². The Labute approximate surface area is 184 Å². The average Bonchev–Trinajstić information content (AvgIpc) is 2.85. The molecule has 0 aromatic heterocycles. The Hall–Kier alpha value is -3.28. The van der Waals surface area contributed by atoms with E-state index in [1.165, 1.54) is 12.1 Å². The number of carbonyl (C=O) groups excluding carboxylic acids is 5. The molecule has 0 aliphatic carbocycles. The number of fused-ring (bicyclic) bond motifs is 1. The zero-order valence-electron chi connectivity index (χ0n) is 15.9. The number of carboxylic acid groups (broad SMARTS) is 1. The van der Waals surface area contributed by atoms with Crippen LogP contribution in [0.2, 0.25) is 0 Å². The molecule has 1 amide bonds. The molecule has 1 aliphatic rings.